The Labute approximate surface area is 290 Å². The predicted molar refractivity (Wildman–Crippen MR) is 187 cm³/mol. The number of aromatic nitrogens is 8. The van der Waals surface area contributed by atoms with Gasteiger partial charge in [-0.25, -0.2) is 9.78 Å². The zero-order valence-electron chi connectivity index (χ0n) is 28.3. The predicted octanol–water partition coefficient (Wildman–Crippen LogP) is 4.69. The molecule has 4 aromatic heterocycles. The number of hydrogen-bond donors (Lipinski definition) is 2. The molecule has 2 aliphatic rings. The number of anilines is 2. The molecule has 7 rings (SSSR count). The van der Waals surface area contributed by atoms with Gasteiger partial charge in [0.15, 0.2) is 11.6 Å². The molecular formula is C36H40N13O+. The Hall–Kier alpha value is -5.97. The van der Waals surface area contributed by atoms with E-state index in [1.165, 1.54) is 0 Å². The van der Waals surface area contributed by atoms with E-state index in [0.29, 0.717) is 55.2 Å². The molecule has 50 heavy (non-hydrogen) atoms. The summed E-state index contributed by atoms with van der Waals surface area (Å²) < 4.78 is 5.57. The number of nitrogens with one attached hydrogen (secondary N) is 2. The Morgan fingerprint density at radius 2 is 1.90 bits per heavy atom. The largest absolute Gasteiger partial charge is 0.441 e. The van der Waals surface area contributed by atoms with Gasteiger partial charge in [0.1, 0.15) is 24.2 Å². The van der Waals surface area contributed by atoms with Crippen LogP contribution in [0.25, 0.3) is 11.1 Å². The molecule has 2 amide bonds. The first-order valence-electron chi connectivity index (χ1n) is 17.1. The van der Waals surface area contributed by atoms with Crippen LogP contribution in [0.2, 0.25) is 0 Å². The highest BCUT2D eigenvalue weighted by Crippen LogP contribution is 2.43. The van der Waals surface area contributed by atoms with Crippen molar-refractivity contribution in [1.82, 2.24) is 44.8 Å². The molecule has 5 aromatic rings. The average molecular weight is 671 g/mol. The monoisotopic (exact) mass is 670 g/mol. The lowest BCUT2D eigenvalue weighted by atomic mass is 10.1. The van der Waals surface area contributed by atoms with Crippen molar-refractivity contribution >= 4 is 29.3 Å². The second-order valence-corrected chi connectivity index (χ2v) is 12.7. The normalized spacial score (nSPS) is 17.5. The Balaban J connectivity index is 1.06. The fourth-order valence-electron chi connectivity index (χ4n) is 6.72. The minimum Gasteiger partial charge on any atom is -0.354 e. The molecule has 254 valence electrons. The van der Waals surface area contributed by atoms with Crippen LogP contribution in [0.4, 0.5) is 22.4 Å². The number of benzene rings is 1. The van der Waals surface area contributed by atoms with Gasteiger partial charge in [0.2, 0.25) is 5.95 Å². The molecule has 0 saturated heterocycles. The number of hydrogen-bond acceptors (Lipinski definition) is 10. The number of rotatable bonds is 12. The molecule has 14 nitrogen and oxygen atoms in total. The number of nitrogens with zero attached hydrogens (tertiary/aromatic N) is 11. The molecule has 1 saturated carbocycles. The van der Waals surface area contributed by atoms with Crippen molar-refractivity contribution in [1.29, 1.82) is 5.26 Å². The van der Waals surface area contributed by atoms with Gasteiger partial charge in [-0.1, -0.05) is 43.7 Å². The molecule has 0 radical (unpaired) electrons. The number of carbonyl (C=O) groups excluding carboxylic acids is 1. The number of fused-ring (bicyclic) bond motifs is 1. The third-order valence-electron chi connectivity index (χ3n) is 9.30. The van der Waals surface area contributed by atoms with E-state index in [-0.39, 0.29) is 11.9 Å². The number of aryl methyl sites for hydroxylation is 1. The van der Waals surface area contributed by atoms with Crippen molar-refractivity contribution in [3.05, 3.63) is 90.5 Å². The second-order valence-electron chi connectivity index (χ2n) is 12.7. The summed E-state index contributed by atoms with van der Waals surface area (Å²) in [5.74, 6) is 3.07. The van der Waals surface area contributed by atoms with Crippen LogP contribution < -0.4 is 15.5 Å². The van der Waals surface area contributed by atoms with Crippen LogP contribution in [0, 0.1) is 23.2 Å². The van der Waals surface area contributed by atoms with Crippen molar-refractivity contribution in [2.75, 3.05) is 23.3 Å². The third-order valence-corrected chi connectivity index (χ3v) is 9.30. The number of urea groups is 1. The van der Waals surface area contributed by atoms with Gasteiger partial charge >= 0.3 is 6.03 Å². The first kappa shape index (κ1) is 32.6. The number of amides is 2. The number of carbonyl (C=O) groups is 1. The van der Waals surface area contributed by atoms with E-state index < -0.39 is 0 Å². The van der Waals surface area contributed by atoms with Gasteiger partial charge in [0.05, 0.1) is 31.2 Å². The highest BCUT2D eigenvalue weighted by atomic mass is 16.2. The molecule has 1 aliphatic carbocycles. The number of pyridine rings is 1. The summed E-state index contributed by atoms with van der Waals surface area (Å²) in [6.45, 7) is 5.22. The highest BCUT2D eigenvalue weighted by Gasteiger charge is 2.50. The number of nitriles is 1. The fourth-order valence-corrected chi connectivity index (χ4v) is 6.72. The fraction of sp³-hybridized carbons (Fsp3) is 0.361. The molecule has 0 bridgehead atoms. The van der Waals surface area contributed by atoms with Crippen molar-refractivity contribution in [3.8, 4) is 17.2 Å². The summed E-state index contributed by atoms with van der Waals surface area (Å²) in [5, 5.41) is 28.7. The Morgan fingerprint density at radius 3 is 2.66 bits per heavy atom. The van der Waals surface area contributed by atoms with Crippen LogP contribution in [0.3, 0.4) is 0 Å². The van der Waals surface area contributed by atoms with E-state index in [4.69, 9.17) is 9.97 Å². The maximum atomic E-state index is 13.9. The van der Waals surface area contributed by atoms with Crippen molar-refractivity contribution in [2.45, 2.75) is 52.2 Å². The minimum absolute atomic E-state index is 0.179. The van der Waals surface area contributed by atoms with Crippen molar-refractivity contribution in [3.63, 3.8) is 0 Å². The smallest absolute Gasteiger partial charge is 0.354 e. The summed E-state index contributed by atoms with van der Waals surface area (Å²) in [6, 6.07) is 15.9. The minimum atomic E-state index is -0.179. The van der Waals surface area contributed by atoms with Gasteiger partial charge in [-0.05, 0) is 30.9 Å². The zero-order chi connectivity index (χ0) is 34.5. The first-order valence-corrected chi connectivity index (χ1v) is 17.1. The standard InChI is InChI=1S/C36H39N13O/c1-3-8-29-30(11-7-14-38-35-40-20-27(17-37)34(44-35)47-15-16-48-24-42-45-32(48)23-47)33(29)49(36(50)41-18-25-9-5-4-6-10-25)31-13-12-26(19-39-31)28-21-43-46(2)22-28/h4-6,9-10,12-13,19-22,24,29-30H,3,7-8,11,14-16,18,23H2,1-2H3,(H-,38,40,41,44,50)/p+1/b49-33-. The van der Waals surface area contributed by atoms with Gasteiger partial charge in [-0.15, -0.1) is 15.2 Å². The van der Waals surface area contributed by atoms with E-state index in [0.717, 1.165) is 60.5 Å². The van der Waals surface area contributed by atoms with Crippen LogP contribution in [0.1, 0.15) is 49.6 Å². The van der Waals surface area contributed by atoms with Crippen LogP contribution in [-0.4, -0.2) is 68.9 Å². The molecular weight excluding hydrogens is 630 g/mol. The maximum Gasteiger partial charge on any atom is 0.441 e. The maximum absolute atomic E-state index is 13.9. The summed E-state index contributed by atoms with van der Waals surface area (Å²) in [7, 11) is 1.89. The van der Waals surface area contributed by atoms with Gasteiger partial charge in [0.25, 0.3) is 5.82 Å². The molecule has 1 aliphatic heterocycles. The zero-order valence-corrected chi connectivity index (χ0v) is 28.3. The molecule has 1 fully saturated rings. The van der Waals surface area contributed by atoms with Crippen LogP contribution >= 0.6 is 0 Å². The van der Waals surface area contributed by atoms with Crippen LogP contribution in [0.5, 0.6) is 0 Å². The Morgan fingerprint density at radius 1 is 1.04 bits per heavy atom. The lowest BCUT2D eigenvalue weighted by Gasteiger charge is -2.28. The molecule has 0 spiro atoms. The van der Waals surface area contributed by atoms with E-state index >= 15 is 0 Å². The molecule has 2 atom stereocenters. The third kappa shape index (κ3) is 7.07. The van der Waals surface area contributed by atoms with Gasteiger partial charge < -0.3 is 14.8 Å². The van der Waals surface area contributed by atoms with E-state index in [1.807, 2.05) is 71.4 Å². The summed E-state index contributed by atoms with van der Waals surface area (Å²) >= 11 is 0. The molecule has 14 heteroatoms. The molecule has 5 heterocycles. The second kappa shape index (κ2) is 14.7. The van der Waals surface area contributed by atoms with Crippen molar-refractivity contribution < 1.29 is 9.37 Å². The Bertz CT molecular complexity index is 2030. The summed E-state index contributed by atoms with van der Waals surface area (Å²) in [4.78, 5) is 29.9. The lowest BCUT2D eigenvalue weighted by Crippen LogP contribution is -2.34. The van der Waals surface area contributed by atoms with Gasteiger partial charge in [-0.2, -0.15) is 19.9 Å². The van der Waals surface area contributed by atoms with Crippen LogP contribution in [-0.2, 0) is 26.7 Å². The molecule has 1 aromatic carbocycles. The summed E-state index contributed by atoms with van der Waals surface area (Å²) in [5.41, 5.74) is 4.48. The lowest BCUT2D eigenvalue weighted by molar-refractivity contribution is -0.337. The molecule has 2 unspecified atom stereocenters. The highest BCUT2D eigenvalue weighted by molar-refractivity contribution is 6.03. The SMILES string of the molecule is CCCC1/C(=[N+](/C(=O)NCc2ccccc2)c2ccc(-c3cnn(C)c3)cn2)C1CCCNc1ncc(C#N)c(N2CCn3cnnc3C2)n1. The van der Waals surface area contributed by atoms with E-state index in [1.54, 1.807) is 28.0 Å². The van der Waals surface area contributed by atoms with Gasteiger partial charge in [-0.3, -0.25) is 10.00 Å². The van der Waals surface area contributed by atoms with Gasteiger partial charge in [0, 0.05) is 61.9 Å². The van der Waals surface area contributed by atoms with Crippen molar-refractivity contribution in [2.24, 2.45) is 18.9 Å². The quantitative estimate of drug-likeness (QED) is 0.141. The van der Waals surface area contributed by atoms with E-state index in [9.17, 15) is 10.1 Å². The summed E-state index contributed by atoms with van der Waals surface area (Å²) in [6.07, 6.45) is 12.6. The Kier molecular flexibility index (Phi) is 9.54. The van der Waals surface area contributed by atoms with E-state index in [2.05, 4.69) is 43.9 Å². The average Bonchev–Trinajstić information content (AvgIpc) is 3.43. The topological polar surface area (TPSA) is 158 Å². The molecule has 2 N–H and O–H groups in total. The first-order chi connectivity index (χ1) is 24.5. The van der Waals surface area contributed by atoms with Crippen LogP contribution in [0.15, 0.2) is 73.6 Å².